The van der Waals surface area contributed by atoms with Crippen molar-refractivity contribution in [2.75, 3.05) is 0 Å². The number of hydrogen-bond acceptors (Lipinski definition) is 6. The highest BCUT2D eigenvalue weighted by Crippen LogP contribution is 2.41. The zero-order valence-electron chi connectivity index (χ0n) is 22.0. The molecular weight excluding hydrogens is 478 g/mol. The average molecular weight is 508 g/mol. The summed E-state index contributed by atoms with van der Waals surface area (Å²) in [5.74, 6) is -0.510. The van der Waals surface area contributed by atoms with Gasteiger partial charge in [-0.05, 0) is 67.6 Å². The Hall–Kier alpha value is -4.10. The average Bonchev–Trinajstić information content (AvgIpc) is 3.20. The molecule has 0 saturated heterocycles. The maximum Gasteiger partial charge on any atom is 0.309 e. The van der Waals surface area contributed by atoms with Crippen LogP contribution in [-0.2, 0) is 28.3 Å². The summed E-state index contributed by atoms with van der Waals surface area (Å²) in [4.78, 5) is 35.6. The third-order valence-electron chi connectivity index (χ3n) is 7.99. The van der Waals surface area contributed by atoms with Crippen molar-refractivity contribution in [2.24, 2.45) is 4.99 Å². The lowest BCUT2D eigenvalue weighted by molar-refractivity contribution is -0.149. The summed E-state index contributed by atoms with van der Waals surface area (Å²) in [5.41, 5.74) is 7.48. The number of pyridine rings is 2. The molecule has 38 heavy (non-hydrogen) atoms. The Morgan fingerprint density at radius 1 is 1.13 bits per heavy atom. The number of ether oxygens (including phenoxy) is 1. The predicted octanol–water partition coefficient (Wildman–Crippen LogP) is 5.15. The molecule has 4 heterocycles. The molecule has 4 aromatic rings. The molecule has 0 spiro atoms. The van der Waals surface area contributed by atoms with Crippen LogP contribution < -0.4 is 5.56 Å². The van der Waals surface area contributed by atoms with Gasteiger partial charge < -0.3 is 14.4 Å². The molecule has 0 unspecified atom stereocenters. The van der Waals surface area contributed by atoms with E-state index in [-0.39, 0.29) is 25.0 Å². The van der Waals surface area contributed by atoms with Crippen LogP contribution in [0.5, 0.6) is 0 Å². The van der Waals surface area contributed by atoms with Crippen molar-refractivity contribution >= 4 is 28.8 Å². The fourth-order valence-corrected chi connectivity index (χ4v) is 5.75. The summed E-state index contributed by atoms with van der Waals surface area (Å²) >= 11 is 0. The van der Waals surface area contributed by atoms with Crippen LogP contribution in [0.3, 0.4) is 0 Å². The number of aliphatic hydroxyl groups is 1. The normalized spacial score (nSPS) is 18.3. The van der Waals surface area contributed by atoms with E-state index < -0.39 is 11.6 Å². The Bertz CT molecular complexity index is 1750. The van der Waals surface area contributed by atoms with Gasteiger partial charge >= 0.3 is 5.97 Å². The molecule has 1 atom stereocenters. The lowest BCUT2D eigenvalue weighted by atomic mass is 9.85. The third-order valence-corrected chi connectivity index (χ3v) is 7.99. The number of fused-ring (bicyclic) bond motifs is 5. The van der Waals surface area contributed by atoms with E-state index in [9.17, 15) is 14.7 Å². The minimum absolute atomic E-state index is 0.141. The van der Waals surface area contributed by atoms with Crippen molar-refractivity contribution in [3.63, 3.8) is 0 Å². The third kappa shape index (κ3) is 3.69. The summed E-state index contributed by atoms with van der Waals surface area (Å²) < 4.78 is 6.96. The number of rotatable bonds is 3. The standard InChI is InChI=1S/C31H29N3O4/c1-5-31(37)13-27(35)38-16-22-23(31)12-26-29-21(15-34(26)30(22)36)19(4)28-24(7-6-8-25(28)33-29)32-14-20-10-9-17(2)11-18(20)3/h6-12,14,37H,5,13,15-16H2,1-4H3/t31-/m0/s1. The highest BCUT2D eigenvalue weighted by atomic mass is 16.5. The zero-order valence-corrected chi connectivity index (χ0v) is 22.0. The molecular formula is C31H29N3O4. The van der Waals surface area contributed by atoms with Gasteiger partial charge in [-0.3, -0.25) is 14.6 Å². The van der Waals surface area contributed by atoms with Crippen molar-refractivity contribution in [3.05, 3.63) is 91.8 Å². The lowest BCUT2D eigenvalue weighted by Crippen LogP contribution is -2.32. The molecule has 6 rings (SSSR count). The molecule has 7 nitrogen and oxygen atoms in total. The molecule has 0 saturated carbocycles. The van der Waals surface area contributed by atoms with E-state index in [0.29, 0.717) is 23.4 Å². The van der Waals surface area contributed by atoms with Crippen LogP contribution in [0.2, 0.25) is 0 Å². The van der Waals surface area contributed by atoms with Crippen LogP contribution in [0.4, 0.5) is 5.69 Å². The lowest BCUT2D eigenvalue weighted by Gasteiger charge is -2.26. The predicted molar refractivity (Wildman–Crippen MR) is 147 cm³/mol. The van der Waals surface area contributed by atoms with Crippen LogP contribution in [-0.4, -0.2) is 26.8 Å². The fraction of sp³-hybridized carbons (Fsp3) is 0.290. The summed E-state index contributed by atoms with van der Waals surface area (Å²) in [6.07, 6.45) is 1.99. The molecule has 2 aliphatic rings. The maximum absolute atomic E-state index is 13.6. The Balaban J connectivity index is 1.51. The second-order valence-corrected chi connectivity index (χ2v) is 10.4. The first-order valence-electron chi connectivity index (χ1n) is 12.9. The number of carbonyl (C=O) groups is 1. The number of hydrogen-bond donors (Lipinski definition) is 1. The van der Waals surface area contributed by atoms with Gasteiger partial charge in [0.05, 0.1) is 41.1 Å². The first-order chi connectivity index (χ1) is 18.2. The second-order valence-electron chi connectivity index (χ2n) is 10.4. The van der Waals surface area contributed by atoms with Crippen LogP contribution in [0.15, 0.2) is 52.3 Å². The first kappa shape index (κ1) is 24.2. The van der Waals surface area contributed by atoms with Gasteiger partial charge in [-0.2, -0.15) is 0 Å². The van der Waals surface area contributed by atoms with Crippen molar-refractivity contribution in [3.8, 4) is 11.4 Å². The Labute approximate surface area is 220 Å². The van der Waals surface area contributed by atoms with Crippen molar-refractivity contribution in [1.29, 1.82) is 0 Å². The molecule has 192 valence electrons. The van der Waals surface area contributed by atoms with Gasteiger partial charge in [0, 0.05) is 17.2 Å². The summed E-state index contributed by atoms with van der Waals surface area (Å²) in [6.45, 7) is 8.22. The number of benzene rings is 2. The van der Waals surface area contributed by atoms with Gasteiger partial charge in [0.25, 0.3) is 5.56 Å². The molecule has 0 fully saturated rings. The van der Waals surface area contributed by atoms with Gasteiger partial charge in [0.2, 0.25) is 0 Å². The number of cyclic esters (lactones) is 1. The Kier molecular flexibility index (Phi) is 5.58. The number of aromatic nitrogens is 2. The number of aryl methyl sites for hydroxylation is 3. The topological polar surface area (TPSA) is 93.8 Å². The van der Waals surface area contributed by atoms with Crippen molar-refractivity contribution in [1.82, 2.24) is 9.55 Å². The SMILES string of the molecule is CC[C@]1(O)CC(=O)OCc2c1cc1n(c2=O)Cc2c-1nc1cccc(N=Cc3ccc(C)cc3C)c1c2C. The van der Waals surface area contributed by atoms with E-state index in [1.54, 1.807) is 11.5 Å². The van der Waals surface area contributed by atoms with Crippen LogP contribution in [0, 0.1) is 20.8 Å². The molecule has 7 heteroatoms. The molecule has 0 amide bonds. The van der Waals surface area contributed by atoms with Gasteiger partial charge in [-0.1, -0.05) is 36.8 Å². The zero-order chi connectivity index (χ0) is 26.8. The summed E-state index contributed by atoms with van der Waals surface area (Å²) in [7, 11) is 0. The van der Waals surface area contributed by atoms with Crippen LogP contribution in [0.25, 0.3) is 22.3 Å². The highest BCUT2D eigenvalue weighted by Gasteiger charge is 2.39. The van der Waals surface area contributed by atoms with E-state index in [0.717, 1.165) is 44.5 Å². The van der Waals surface area contributed by atoms with Gasteiger partial charge in [0.15, 0.2) is 0 Å². The first-order valence-corrected chi connectivity index (χ1v) is 12.9. The number of aliphatic imine (C=N–C) groups is 1. The highest BCUT2D eigenvalue weighted by molar-refractivity contribution is 5.98. The van der Waals surface area contributed by atoms with E-state index in [4.69, 9.17) is 14.7 Å². The van der Waals surface area contributed by atoms with Crippen LogP contribution in [0.1, 0.15) is 58.7 Å². The number of nitrogens with zero attached hydrogens (tertiary/aromatic N) is 3. The second kappa shape index (κ2) is 8.74. The Morgan fingerprint density at radius 3 is 2.71 bits per heavy atom. The quantitative estimate of drug-likeness (QED) is 0.269. The minimum atomic E-state index is -1.46. The molecule has 2 aromatic carbocycles. The van der Waals surface area contributed by atoms with Crippen molar-refractivity contribution in [2.45, 2.75) is 59.3 Å². The van der Waals surface area contributed by atoms with E-state index in [1.165, 1.54) is 5.56 Å². The molecule has 0 aliphatic carbocycles. The summed E-state index contributed by atoms with van der Waals surface area (Å²) in [6, 6.07) is 14.0. The fourth-order valence-electron chi connectivity index (χ4n) is 5.75. The molecule has 0 bridgehead atoms. The van der Waals surface area contributed by atoms with Crippen LogP contribution >= 0.6 is 0 Å². The van der Waals surface area contributed by atoms with Gasteiger partial charge in [-0.15, -0.1) is 0 Å². The largest absolute Gasteiger partial charge is 0.460 e. The molecule has 2 aromatic heterocycles. The van der Waals surface area contributed by atoms with E-state index in [2.05, 4.69) is 32.0 Å². The maximum atomic E-state index is 13.6. The minimum Gasteiger partial charge on any atom is -0.460 e. The van der Waals surface area contributed by atoms with Crippen molar-refractivity contribution < 1.29 is 14.6 Å². The Morgan fingerprint density at radius 2 is 1.95 bits per heavy atom. The molecule has 0 radical (unpaired) electrons. The van der Waals surface area contributed by atoms with E-state index in [1.807, 2.05) is 37.4 Å². The number of esters is 1. The molecule has 2 aliphatic heterocycles. The van der Waals surface area contributed by atoms with Gasteiger partial charge in [-0.25, -0.2) is 4.98 Å². The summed E-state index contributed by atoms with van der Waals surface area (Å²) in [5, 5.41) is 12.3. The number of carbonyl (C=O) groups excluding carboxylic acids is 1. The van der Waals surface area contributed by atoms with E-state index >= 15 is 0 Å². The smallest absolute Gasteiger partial charge is 0.309 e. The van der Waals surface area contributed by atoms with Gasteiger partial charge in [0.1, 0.15) is 12.2 Å². The molecule has 1 N–H and O–H groups in total. The monoisotopic (exact) mass is 507 g/mol.